The molecule has 1 atom stereocenters. The summed E-state index contributed by atoms with van der Waals surface area (Å²) in [6.45, 7) is 1.20. The Morgan fingerprint density at radius 3 is 2.61 bits per heavy atom. The number of Topliss-reactive ketones (excluding diaryl/α,β-unsaturated/α-hetero) is 1. The van der Waals surface area contributed by atoms with E-state index in [2.05, 4.69) is 0 Å². The summed E-state index contributed by atoms with van der Waals surface area (Å²) in [5, 5.41) is 0. The Balaban J connectivity index is 1.48. The van der Waals surface area contributed by atoms with Gasteiger partial charge in [0.2, 0.25) is 10.0 Å². The van der Waals surface area contributed by atoms with Gasteiger partial charge < -0.3 is 9.64 Å². The highest BCUT2D eigenvalue weighted by Crippen LogP contribution is 2.32. The highest BCUT2D eigenvalue weighted by molar-refractivity contribution is 7.89. The Morgan fingerprint density at radius 2 is 1.86 bits per heavy atom. The van der Waals surface area contributed by atoms with Crippen LogP contribution in [0.25, 0.3) is 0 Å². The van der Waals surface area contributed by atoms with E-state index in [0.29, 0.717) is 31.8 Å². The first-order valence-corrected chi connectivity index (χ1v) is 10.5. The van der Waals surface area contributed by atoms with Crippen LogP contribution >= 0.6 is 0 Å². The molecule has 146 valence electrons. The predicted molar refractivity (Wildman–Crippen MR) is 103 cm³/mol. The highest BCUT2D eigenvalue weighted by Gasteiger charge is 2.37. The molecule has 0 saturated carbocycles. The number of carbonyl (C=O) groups excluding carboxylic acids is 2. The minimum absolute atomic E-state index is 0.0346. The zero-order valence-corrected chi connectivity index (χ0v) is 16.2. The number of likely N-dealkylation sites (N-methyl/N-ethyl adjacent to an activating group) is 1. The van der Waals surface area contributed by atoms with E-state index in [0.717, 1.165) is 5.75 Å². The van der Waals surface area contributed by atoms with Crippen molar-refractivity contribution in [2.45, 2.75) is 11.3 Å². The summed E-state index contributed by atoms with van der Waals surface area (Å²) < 4.78 is 33.2. The third-order valence-corrected chi connectivity index (χ3v) is 7.05. The molecule has 8 heteroatoms. The molecule has 28 heavy (non-hydrogen) atoms. The lowest BCUT2D eigenvalue weighted by molar-refractivity contribution is -0.114. The smallest absolute Gasteiger partial charge is 0.299 e. The molecule has 7 nitrogen and oxygen atoms in total. The molecule has 2 aliphatic heterocycles. The van der Waals surface area contributed by atoms with Gasteiger partial charge >= 0.3 is 0 Å². The van der Waals surface area contributed by atoms with E-state index in [1.54, 1.807) is 0 Å². The van der Waals surface area contributed by atoms with Crippen LogP contribution in [-0.4, -0.2) is 51.2 Å². The molecule has 0 aromatic heterocycles. The SMILES string of the molecule is CN1C(=O)C(=O)c2cc(S(=O)(=O)N3CC[C@@H](COc4ccccc4)C3)ccc21. The second-order valence-corrected chi connectivity index (χ2v) is 8.95. The Morgan fingerprint density at radius 1 is 1.11 bits per heavy atom. The largest absolute Gasteiger partial charge is 0.493 e. The van der Waals surface area contributed by atoms with E-state index in [1.807, 2.05) is 30.3 Å². The van der Waals surface area contributed by atoms with Gasteiger partial charge in [0.1, 0.15) is 5.75 Å². The number of ether oxygens (including phenoxy) is 1. The molecular formula is C20H20N2O5S. The number of benzene rings is 2. The summed E-state index contributed by atoms with van der Waals surface area (Å²) >= 11 is 0. The maximum Gasteiger partial charge on any atom is 0.299 e. The maximum absolute atomic E-state index is 13.0. The van der Waals surface area contributed by atoms with Gasteiger partial charge in [-0.2, -0.15) is 4.31 Å². The van der Waals surface area contributed by atoms with Gasteiger partial charge in [-0.05, 0) is 36.8 Å². The van der Waals surface area contributed by atoms with Gasteiger partial charge in [-0.3, -0.25) is 9.59 Å². The van der Waals surface area contributed by atoms with Crippen LogP contribution in [0, 0.1) is 5.92 Å². The van der Waals surface area contributed by atoms with Crippen molar-refractivity contribution in [1.29, 1.82) is 0 Å². The predicted octanol–water partition coefficient (Wildman–Crippen LogP) is 1.94. The number of rotatable bonds is 5. The average molecular weight is 400 g/mol. The number of amides is 1. The number of anilines is 1. The molecule has 1 saturated heterocycles. The van der Waals surface area contributed by atoms with Crippen molar-refractivity contribution in [3.8, 4) is 5.75 Å². The molecule has 1 fully saturated rings. The molecule has 0 bridgehead atoms. The molecule has 0 unspecified atom stereocenters. The number of ketones is 1. The quantitative estimate of drug-likeness (QED) is 0.716. The number of fused-ring (bicyclic) bond motifs is 1. The monoisotopic (exact) mass is 400 g/mol. The summed E-state index contributed by atoms with van der Waals surface area (Å²) in [6, 6.07) is 13.7. The molecule has 1 amide bonds. The number of para-hydroxylation sites is 1. The number of carbonyl (C=O) groups is 2. The van der Waals surface area contributed by atoms with Crippen molar-refractivity contribution in [1.82, 2.24) is 4.31 Å². The van der Waals surface area contributed by atoms with E-state index >= 15 is 0 Å². The Bertz CT molecular complexity index is 1040. The van der Waals surface area contributed by atoms with E-state index in [1.165, 1.54) is 34.5 Å². The first-order valence-electron chi connectivity index (χ1n) is 9.02. The molecule has 2 heterocycles. The summed E-state index contributed by atoms with van der Waals surface area (Å²) in [5.74, 6) is -0.470. The van der Waals surface area contributed by atoms with Crippen molar-refractivity contribution in [3.05, 3.63) is 54.1 Å². The zero-order valence-electron chi connectivity index (χ0n) is 15.4. The fourth-order valence-corrected chi connectivity index (χ4v) is 5.12. The first kappa shape index (κ1) is 18.6. The van der Waals surface area contributed by atoms with E-state index in [9.17, 15) is 18.0 Å². The molecule has 4 rings (SSSR count). The summed E-state index contributed by atoms with van der Waals surface area (Å²) in [4.78, 5) is 25.1. The molecule has 0 spiro atoms. The van der Waals surface area contributed by atoms with Crippen LogP contribution in [-0.2, 0) is 14.8 Å². The zero-order chi connectivity index (χ0) is 19.9. The van der Waals surface area contributed by atoms with Crippen molar-refractivity contribution in [3.63, 3.8) is 0 Å². The van der Waals surface area contributed by atoms with E-state index < -0.39 is 21.7 Å². The van der Waals surface area contributed by atoms with Crippen LogP contribution in [0.5, 0.6) is 5.75 Å². The minimum Gasteiger partial charge on any atom is -0.493 e. The Hall–Kier alpha value is -2.71. The van der Waals surface area contributed by atoms with Gasteiger partial charge in [0, 0.05) is 26.1 Å². The molecule has 0 radical (unpaired) electrons. The van der Waals surface area contributed by atoms with Gasteiger partial charge in [0.05, 0.1) is 22.8 Å². The van der Waals surface area contributed by atoms with Crippen LogP contribution in [0.1, 0.15) is 16.8 Å². The van der Waals surface area contributed by atoms with Crippen molar-refractivity contribution in [2.75, 3.05) is 31.6 Å². The third-order valence-electron chi connectivity index (χ3n) is 5.19. The second kappa shape index (κ2) is 7.03. The van der Waals surface area contributed by atoms with Gasteiger partial charge in [-0.1, -0.05) is 18.2 Å². The van der Waals surface area contributed by atoms with Crippen LogP contribution in [0.15, 0.2) is 53.4 Å². The van der Waals surface area contributed by atoms with E-state index in [-0.39, 0.29) is 16.4 Å². The first-order chi connectivity index (χ1) is 13.4. The molecular weight excluding hydrogens is 380 g/mol. The molecule has 2 aromatic rings. The minimum atomic E-state index is -3.74. The lowest BCUT2D eigenvalue weighted by Crippen LogP contribution is -2.29. The lowest BCUT2D eigenvalue weighted by Gasteiger charge is -2.18. The summed E-state index contributed by atoms with van der Waals surface area (Å²) in [6.07, 6.45) is 0.706. The van der Waals surface area contributed by atoms with E-state index in [4.69, 9.17) is 4.74 Å². The molecule has 0 aliphatic carbocycles. The number of hydrogen-bond acceptors (Lipinski definition) is 5. The van der Waals surface area contributed by atoms with Gasteiger partial charge in [0.25, 0.3) is 11.7 Å². The van der Waals surface area contributed by atoms with Crippen molar-refractivity contribution in [2.24, 2.45) is 5.92 Å². The van der Waals surface area contributed by atoms with Crippen molar-refractivity contribution < 1.29 is 22.7 Å². The highest BCUT2D eigenvalue weighted by atomic mass is 32.2. The Labute approximate surface area is 163 Å². The number of sulfonamides is 1. The van der Waals surface area contributed by atoms with Gasteiger partial charge in [-0.15, -0.1) is 0 Å². The standard InChI is InChI=1S/C20H20N2O5S/c1-21-18-8-7-16(11-17(18)19(23)20(21)24)28(25,26)22-10-9-14(12-22)13-27-15-5-3-2-4-6-15/h2-8,11,14H,9-10,12-13H2,1H3/t14-/m1/s1. The van der Waals surface area contributed by atoms with Crippen LogP contribution in [0.2, 0.25) is 0 Å². The number of nitrogens with zero attached hydrogens (tertiary/aromatic N) is 2. The Kier molecular flexibility index (Phi) is 4.68. The van der Waals surface area contributed by atoms with Gasteiger partial charge in [-0.25, -0.2) is 8.42 Å². The molecule has 2 aliphatic rings. The van der Waals surface area contributed by atoms with Crippen LogP contribution in [0.3, 0.4) is 0 Å². The fourth-order valence-electron chi connectivity index (χ4n) is 3.56. The third kappa shape index (κ3) is 3.18. The fraction of sp³-hybridized carbons (Fsp3) is 0.300. The molecule has 0 N–H and O–H groups in total. The maximum atomic E-state index is 13.0. The topological polar surface area (TPSA) is 84.0 Å². The normalized spacial score (nSPS) is 19.9. The summed E-state index contributed by atoms with van der Waals surface area (Å²) in [5.41, 5.74) is 0.571. The van der Waals surface area contributed by atoms with Crippen LogP contribution < -0.4 is 9.64 Å². The second-order valence-electron chi connectivity index (χ2n) is 7.01. The number of hydrogen-bond donors (Lipinski definition) is 0. The van der Waals surface area contributed by atoms with Crippen molar-refractivity contribution >= 4 is 27.4 Å². The van der Waals surface area contributed by atoms with Gasteiger partial charge in [0.15, 0.2) is 0 Å². The summed E-state index contributed by atoms with van der Waals surface area (Å²) in [7, 11) is -2.24. The molecule has 2 aromatic carbocycles. The van der Waals surface area contributed by atoms with Crippen LogP contribution in [0.4, 0.5) is 5.69 Å². The average Bonchev–Trinajstić information content (AvgIpc) is 3.28. The lowest BCUT2D eigenvalue weighted by atomic mass is 10.1.